The molecule has 56 heavy (non-hydrogen) atoms. The number of carbonyl (C=O) groups excluding carboxylic acids is 4. The molecule has 4 rings (SSSR count). The van der Waals surface area contributed by atoms with Crippen LogP contribution >= 0.6 is 0 Å². The topological polar surface area (TPSA) is 161 Å². The number of carboxylic acids is 1. The van der Waals surface area contributed by atoms with Crippen LogP contribution in [0.2, 0.25) is 5.04 Å². The summed E-state index contributed by atoms with van der Waals surface area (Å²) < 4.78 is 17.3. The van der Waals surface area contributed by atoms with E-state index in [9.17, 15) is 29.1 Å². The van der Waals surface area contributed by atoms with Gasteiger partial charge in [0.25, 0.3) is 14.2 Å². The van der Waals surface area contributed by atoms with Crippen LogP contribution in [0.4, 0.5) is 10.5 Å². The minimum Gasteiger partial charge on any atom is -0.480 e. The van der Waals surface area contributed by atoms with E-state index in [1.807, 2.05) is 72.8 Å². The van der Waals surface area contributed by atoms with E-state index in [4.69, 9.17) is 13.9 Å². The van der Waals surface area contributed by atoms with Crippen molar-refractivity contribution in [3.05, 3.63) is 115 Å². The first kappa shape index (κ1) is 42.9. The van der Waals surface area contributed by atoms with Crippen molar-refractivity contribution < 1.29 is 43.0 Å². The summed E-state index contributed by atoms with van der Waals surface area (Å²) in [6.07, 6.45) is -0.570. The van der Waals surface area contributed by atoms with Crippen molar-refractivity contribution in [2.45, 2.75) is 71.2 Å². The third-order valence-electron chi connectivity index (χ3n) is 9.04. The average Bonchev–Trinajstić information content (AvgIpc) is 3.14. The van der Waals surface area contributed by atoms with E-state index >= 15 is 0 Å². The Labute approximate surface area is 329 Å². The van der Waals surface area contributed by atoms with E-state index < -0.39 is 67.5 Å². The molecule has 12 nitrogen and oxygen atoms in total. The molecule has 0 aromatic heterocycles. The van der Waals surface area contributed by atoms with Crippen LogP contribution in [0.1, 0.15) is 58.8 Å². The monoisotopic (exact) mass is 781 g/mol. The van der Waals surface area contributed by atoms with Crippen molar-refractivity contribution in [3.8, 4) is 11.1 Å². The number of nitrogens with one attached hydrogen (secondary N) is 2. The van der Waals surface area contributed by atoms with E-state index in [2.05, 4.69) is 31.4 Å². The highest BCUT2D eigenvalue weighted by molar-refractivity contribution is 6.99. The maximum Gasteiger partial charge on any atom is 0.412 e. The summed E-state index contributed by atoms with van der Waals surface area (Å²) in [4.78, 5) is 65.3. The van der Waals surface area contributed by atoms with Gasteiger partial charge in [0.2, 0.25) is 5.91 Å². The molecule has 4 aromatic rings. The molecule has 296 valence electrons. The number of hydrogen-bond acceptors (Lipinski definition) is 8. The summed E-state index contributed by atoms with van der Waals surface area (Å²) in [5.41, 5.74) is 1.72. The largest absolute Gasteiger partial charge is 0.480 e. The van der Waals surface area contributed by atoms with Crippen molar-refractivity contribution >= 4 is 54.2 Å². The molecule has 3 amide bonds. The summed E-state index contributed by atoms with van der Waals surface area (Å²) >= 11 is 0. The number of ether oxygens (including phenoxy) is 2. The van der Waals surface area contributed by atoms with Crippen LogP contribution < -0.4 is 21.0 Å². The van der Waals surface area contributed by atoms with Gasteiger partial charge in [0.05, 0.1) is 6.61 Å². The quantitative estimate of drug-likeness (QED) is 0.105. The second-order valence-electron chi connectivity index (χ2n) is 15.4. The molecule has 0 aliphatic carbocycles. The average molecular weight is 782 g/mol. The van der Waals surface area contributed by atoms with E-state index in [0.717, 1.165) is 26.4 Å². The van der Waals surface area contributed by atoms with Crippen molar-refractivity contribution in [1.29, 1.82) is 0 Å². The van der Waals surface area contributed by atoms with Gasteiger partial charge in [0.1, 0.15) is 18.2 Å². The molecule has 0 fully saturated rings. The number of carbonyl (C=O) groups is 5. The number of amides is 3. The van der Waals surface area contributed by atoms with Crippen LogP contribution in [0.5, 0.6) is 0 Å². The van der Waals surface area contributed by atoms with Crippen LogP contribution in [0, 0.1) is 0 Å². The number of nitrogens with zero attached hydrogens (tertiary/aromatic N) is 1. The highest BCUT2D eigenvalue weighted by Gasteiger charge is 2.51. The van der Waals surface area contributed by atoms with Crippen LogP contribution in [0.3, 0.4) is 0 Å². The van der Waals surface area contributed by atoms with Gasteiger partial charge in [-0.05, 0) is 71.6 Å². The molecule has 0 saturated heterocycles. The van der Waals surface area contributed by atoms with E-state index in [0.29, 0.717) is 5.69 Å². The molecule has 13 heteroatoms. The van der Waals surface area contributed by atoms with Gasteiger partial charge in [0.15, 0.2) is 6.04 Å². The normalized spacial score (nSPS) is 12.8. The van der Waals surface area contributed by atoms with Crippen molar-refractivity contribution in [3.63, 3.8) is 0 Å². The molecular weight excluding hydrogens is 731 g/mol. The van der Waals surface area contributed by atoms with E-state index in [1.165, 1.54) is 14.0 Å². The zero-order valence-corrected chi connectivity index (χ0v) is 34.1. The van der Waals surface area contributed by atoms with Crippen LogP contribution in [0.15, 0.2) is 109 Å². The van der Waals surface area contributed by atoms with Gasteiger partial charge < -0.3 is 29.2 Å². The Morgan fingerprint density at radius 2 is 1.23 bits per heavy atom. The third-order valence-corrected chi connectivity index (χ3v) is 14.0. The Bertz CT molecular complexity index is 1940. The number of rotatable bonds is 14. The summed E-state index contributed by atoms with van der Waals surface area (Å²) in [6.45, 7) is 11.8. The van der Waals surface area contributed by atoms with Crippen LogP contribution in [-0.2, 0) is 28.3 Å². The summed E-state index contributed by atoms with van der Waals surface area (Å²) in [6, 6.07) is 30.2. The Balaban J connectivity index is 1.53. The van der Waals surface area contributed by atoms with Gasteiger partial charge in [-0.25, -0.2) is 9.59 Å². The molecule has 0 saturated carbocycles. The smallest absolute Gasteiger partial charge is 0.412 e. The minimum atomic E-state index is -3.18. The molecule has 0 heterocycles. The highest BCUT2D eigenvalue weighted by atomic mass is 28.4. The molecule has 0 aliphatic rings. The Morgan fingerprint density at radius 1 is 0.732 bits per heavy atom. The molecule has 2 atom stereocenters. The van der Waals surface area contributed by atoms with Gasteiger partial charge in [-0.3, -0.25) is 19.7 Å². The SMILES string of the molecule is CC(=O)OC[C@H](NC(=O)c1ccc(-c2ccc(NC(=O)OC(C)(C)C)cc2)cc1)C(=O)N(C)[C@@H](CO[Si](c1ccccc1)(c1ccccc1)C(C)(C)C)C(=O)O. The van der Waals surface area contributed by atoms with E-state index in [-0.39, 0.29) is 12.2 Å². The van der Waals surface area contributed by atoms with Gasteiger partial charge in [-0.15, -0.1) is 0 Å². The minimum absolute atomic E-state index is 0.213. The Kier molecular flexibility index (Phi) is 14.0. The molecule has 0 unspecified atom stereocenters. The molecule has 0 aliphatic heterocycles. The van der Waals surface area contributed by atoms with Crippen LogP contribution in [-0.4, -0.2) is 86.1 Å². The number of likely N-dealkylation sites (N-methyl/N-ethyl adjacent to an activating group) is 1. The number of carboxylic acid groups (broad SMARTS) is 1. The highest BCUT2D eigenvalue weighted by Crippen LogP contribution is 2.37. The van der Waals surface area contributed by atoms with E-state index in [1.54, 1.807) is 57.2 Å². The molecule has 4 aromatic carbocycles. The zero-order valence-electron chi connectivity index (χ0n) is 33.1. The number of anilines is 1. The molecule has 3 N–H and O–H groups in total. The zero-order chi connectivity index (χ0) is 41.3. The van der Waals surface area contributed by atoms with Crippen molar-refractivity contribution in [2.75, 3.05) is 25.6 Å². The molecule has 0 bridgehead atoms. The fourth-order valence-electron chi connectivity index (χ4n) is 6.31. The Hall–Kier alpha value is -5.79. The molecule has 0 radical (unpaired) electrons. The maximum atomic E-state index is 14.0. The molecule has 0 spiro atoms. The number of benzene rings is 4. The summed E-state index contributed by atoms with van der Waals surface area (Å²) in [5.74, 6) is -3.40. The predicted octanol–water partition coefficient (Wildman–Crippen LogP) is 5.85. The lowest BCUT2D eigenvalue weighted by Crippen LogP contribution is -2.68. The molecular formula is C43H51N3O9Si. The second-order valence-corrected chi connectivity index (χ2v) is 19.7. The fraction of sp³-hybridized carbons (Fsp3) is 0.326. The van der Waals surface area contributed by atoms with Gasteiger partial charge in [0, 0.05) is 25.2 Å². The number of esters is 1. The number of aliphatic carboxylic acids is 1. The summed E-state index contributed by atoms with van der Waals surface area (Å²) in [7, 11) is -1.85. The fourth-order valence-corrected chi connectivity index (χ4v) is 10.9. The van der Waals surface area contributed by atoms with Crippen molar-refractivity contribution in [2.24, 2.45) is 0 Å². The Morgan fingerprint density at radius 3 is 1.68 bits per heavy atom. The first-order chi connectivity index (χ1) is 26.3. The summed E-state index contributed by atoms with van der Waals surface area (Å²) in [5, 5.41) is 17.2. The lowest BCUT2D eigenvalue weighted by Gasteiger charge is -2.44. The maximum absolute atomic E-state index is 14.0. The van der Waals surface area contributed by atoms with Gasteiger partial charge in [-0.2, -0.15) is 0 Å². The lowest BCUT2D eigenvalue weighted by atomic mass is 10.0. The van der Waals surface area contributed by atoms with Gasteiger partial charge >= 0.3 is 18.0 Å². The lowest BCUT2D eigenvalue weighted by molar-refractivity contribution is -0.153. The van der Waals surface area contributed by atoms with Crippen LogP contribution in [0.25, 0.3) is 11.1 Å². The second kappa shape index (κ2) is 18.2. The van der Waals surface area contributed by atoms with Gasteiger partial charge in [-0.1, -0.05) is 106 Å². The first-order valence-electron chi connectivity index (χ1n) is 18.2. The number of hydrogen-bond donors (Lipinski definition) is 3. The predicted molar refractivity (Wildman–Crippen MR) is 217 cm³/mol. The third kappa shape index (κ3) is 10.9. The van der Waals surface area contributed by atoms with Crippen molar-refractivity contribution in [1.82, 2.24) is 10.2 Å². The standard InChI is InChI=1S/C43H51N3O9Si/c1-29(47)53-27-36(45-38(48)32-21-19-30(20-22-32)31-23-25-33(26-24-31)44-41(52)55-42(2,3)4)39(49)46(8)37(40(50)51)28-54-56(43(5,6)7,34-15-11-9-12-16-34)35-17-13-10-14-18-35/h9-26,36-37H,27-28H2,1-8H3,(H,44,52)(H,45,48)(H,50,51)/t36-,37-/m0/s1. The first-order valence-corrected chi connectivity index (χ1v) is 20.1.